The summed E-state index contributed by atoms with van der Waals surface area (Å²) in [4.78, 5) is 0. The summed E-state index contributed by atoms with van der Waals surface area (Å²) < 4.78 is 14.8. The molecule has 2 aromatic carbocycles. The lowest BCUT2D eigenvalue weighted by Gasteiger charge is -2.37. The summed E-state index contributed by atoms with van der Waals surface area (Å²) in [5.74, 6) is 2.92. The fourth-order valence-corrected chi connectivity index (χ4v) is 9.84. The summed E-state index contributed by atoms with van der Waals surface area (Å²) in [6.07, 6.45) is 17.4. The number of unbranched alkanes of at least 4 members (excludes halogenated alkanes) is 2. The molecule has 2 fully saturated rings. The highest BCUT2D eigenvalue weighted by Gasteiger charge is 2.30. The SMILES string of the molecule is CCCCCc1ccc(-c2ccc(CCC3CCC(C4CC[Si](CCC)CC4)CC3)cc2)c(F)c1. The van der Waals surface area contributed by atoms with Crippen molar-refractivity contribution in [3.8, 4) is 11.1 Å². The monoisotopic (exact) mass is 491 g/mol. The molecule has 35 heavy (non-hydrogen) atoms. The van der Waals surface area contributed by atoms with E-state index < -0.39 is 0 Å². The summed E-state index contributed by atoms with van der Waals surface area (Å²) in [7, 11) is 0.0310. The molecular weight excluding hydrogens is 443 g/mol. The number of rotatable bonds is 11. The molecule has 1 saturated heterocycles. The van der Waals surface area contributed by atoms with Gasteiger partial charge in [-0.1, -0.05) is 113 Å². The molecule has 0 atom stereocenters. The zero-order valence-electron chi connectivity index (χ0n) is 22.5. The van der Waals surface area contributed by atoms with Crippen LogP contribution in [0.5, 0.6) is 0 Å². The number of hydrogen-bond donors (Lipinski definition) is 0. The van der Waals surface area contributed by atoms with Crippen molar-refractivity contribution in [3.63, 3.8) is 0 Å². The number of hydrogen-bond acceptors (Lipinski definition) is 0. The van der Waals surface area contributed by atoms with Gasteiger partial charge in [0.25, 0.3) is 0 Å². The molecule has 191 valence electrons. The molecule has 2 aromatic rings. The Kier molecular flexibility index (Phi) is 10.5. The quantitative estimate of drug-likeness (QED) is 0.217. The molecule has 1 aliphatic carbocycles. The first-order valence-corrected chi connectivity index (χ1v) is 17.0. The highest BCUT2D eigenvalue weighted by molar-refractivity contribution is 6.58. The minimum atomic E-state index is -0.0796. The number of aryl methyl sites for hydroxylation is 2. The smallest absolute Gasteiger partial charge is 0.131 e. The maximum absolute atomic E-state index is 14.8. The maximum atomic E-state index is 14.8. The third-order valence-electron chi connectivity index (χ3n) is 9.11. The molecular formula is C33H48FSi. The lowest BCUT2D eigenvalue weighted by Crippen LogP contribution is -2.28. The molecule has 1 saturated carbocycles. The van der Waals surface area contributed by atoms with Crippen molar-refractivity contribution in [2.75, 3.05) is 0 Å². The van der Waals surface area contributed by atoms with Crippen LogP contribution in [0, 0.1) is 23.6 Å². The molecule has 0 aromatic heterocycles. The average molecular weight is 492 g/mol. The van der Waals surface area contributed by atoms with Gasteiger partial charge in [0.1, 0.15) is 5.82 Å². The molecule has 1 radical (unpaired) electrons. The van der Waals surface area contributed by atoms with Gasteiger partial charge in [-0.15, -0.1) is 0 Å². The highest BCUT2D eigenvalue weighted by Crippen LogP contribution is 2.42. The van der Waals surface area contributed by atoms with E-state index in [0.29, 0.717) is 0 Å². The predicted octanol–water partition coefficient (Wildman–Crippen LogP) is 10.3. The molecule has 1 aliphatic heterocycles. The first kappa shape index (κ1) is 26.6. The Morgan fingerprint density at radius 3 is 2.09 bits per heavy atom. The van der Waals surface area contributed by atoms with E-state index in [1.165, 1.54) is 63.4 Å². The van der Waals surface area contributed by atoms with Crippen LogP contribution in [-0.2, 0) is 12.8 Å². The van der Waals surface area contributed by atoms with Gasteiger partial charge in [0.15, 0.2) is 0 Å². The largest absolute Gasteiger partial charge is 0.206 e. The second-order valence-corrected chi connectivity index (χ2v) is 14.6. The summed E-state index contributed by atoms with van der Waals surface area (Å²) in [6.45, 7) is 4.58. The van der Waals surface area contributed by atoms with E-state index in [1.807, 2.05) is 6.07 Å². The van der Waals surface area contributed by atoms with E-state index >= 15 is 0 Å². The fraction of sp³-hybridized carbons (Fsp3) is 0.636. The lowest BCUT2D eigenvalue weighted by atomic mass is 9.73. The molecule has 0 bridgehead atoms. The molecule has 2 aliphatic rings. The third-order valence-corrected chi connectivity index (χ3v) is 12.3. The second kappa shape index (κ2) is 13.8. The molecule has 4 rings (SSSR count). The van der Waals surface area contributed by atoms with E-state index in [2.05, 4.69) is 44.2 Å². The van der Waals surface area contributed by atoms with Crippen LogP contribution in [0.2, 0.25) is 18.1 Å². The Morgan fingerprint density at radius 1 is 0.743 bits per heavy atom. The Hall–Kier alpha value is -1.41. The predicted molar refractivity (Wildman–Crippen MR) is 152 cm³/mol. The minimum absolute atomic E-state index is 0.0310. The van der Waals surface area contributed by atoms with Crippen LogP contribution in [0.1, 0.15) is 95.6 Å². The maximum Gasteiger partial charge on any atom is 0.131 e. The van der Waals surface area contributed by atoms with Gasteiger partial charge in [-0.3, -0.25) is 0 Å². The van der Waals surface area contributed by atoms with Crippen LogP contribution < -0.4 is 0 Å². The second-order valence-electron chi connectivity index (χ2n) is 11.6. The van der Waals surface area contributed by atoms with Crippen LogP contribution in [0.3, 0.4) is 0 Å². The first-order valence-electron chi connectivity index (χ1n) is 14.9. The van der Waals surface area contributed by atoms with Crippen molar-refractivity contribution in [3.05, 3.63) is 59.4 Å². The minimum Gasteiger partial charge on any atom is -0.206 e. The lowest BCUT2D eigenvalue weighted by molar-refractivity contribution is 0.186. The van der Waals surface area contributed by atoms with Crippen LogP contribution in [-0.4, -0.2) is 8.80 Å². The zero-order chi connectivity index (χ0) is 24.5. The van der Waals surface area contributed by atoms with E-state index in [4.69, 9.17) is 0 Å². The fourth-order valence-electron chi connectivity index (χ4n) is 6.82. The van der Waals surface area contributed by atoms with Crippen LogP contribution in [0.25, 0.3) is 11.1 Å². The summed E-state index contributed by atoms with van der Waals surface area (Å²) >= 11 is 0. The molecule has 0 unspecified atom stereocenters. The van der Waals surface area contributed by atoms with Crippen molar-refractivity contribution in [2.45, 2.75) is 115 Å². The molecule has 0 amide bonds. The molecule has 0 N–H and O–H groups in total. The van der Waals surface area contributed by atoms with Gasteiger partial charge >= 0.3 is 0 Å². The van der Waals surface area contributed by atoms with Crippen molar-refractivity contribution in [2.24, 2.45) is 17.8 Å². The van der Waals surface area contributed by atoms with Gasteiger partial charge in [0.05, 0.1) is 0 Å². The van der Waals surface area contributed by atoms with Gasteiger partial charge in [-0.05, 0) is 79.0 Å². The number of benzene rings is 2. The van der Waals surface area contributed by atoms with E-state index in [-0.39, 0.29) is 14.6 Å². The molecule has 0 spiro atoms. The first-order chi connectivity index (χ1) is 17.2. The summed E-state index contributed by atoms with van der Waals surface area (Å²) in [5.41, 5.74) is 4.27. The third kappa shape index (κ3) is 7.78. The van der Waals surface area contributed by atoms with Gasteiger partial charge in [0, 0.05) is 14.4 Å². The Bertz CT molecular complexity index is 872. The van der Waals surface area contributed by atoms with Crippen molar-refractivity contribution >= 4 is 8.80 Å². The Morgan fingerprint density at radius 2 is 1.43 bits per heavy atom. The van der Waals surface area contributed by atoms with E-state index in [0.717, 1.165) is 47.3 Å². The summed E-state index contributed by atoms with van der Waals surface area (Å²) in [6, 6.07) is 19.3. The topological polar surface area (TPSA) is 0 Å². The van der Waals surface area contributed by atoms with E-state index in [9.17, 15) is 4.39 Å². The molecule has 2 heteroatoms. The Labute approximate surface area is 216 Å². The molecule has 1 heterocycles. The van der Waals surface area contributed by atoms with Gasteiger partial charge in [0.2, 0.25) is 0 Å². The normalized spacial score (nSPS) is 21.9. The average Bonchev–Trinajstić information content (AvgIpc) is 2.89. The van der Waals surface area contributed by atoms with Gasteiger partial charge in [-0.25, -0.2) is 4.39 Å². The standard InChI is InChI=1S/C33H48FSi/c1-3-5-6-7-28-14-19-32(33(34)25-28)31-17-12-27(13-18-31)9-8-26-10-15-29(16-11-26)30-20-23-35(22-4-2)24-21-30/h12-14,17-19,25-26,29-30H,3-11,15-16,20-24H2,1-2H3. The van der Waals surface area contributed by atoms with E-state index in [1.54, 1.807) is 37.0 Å². The molecule has 0 nitrogen and oxygen atoms in total. The highest BCUT2D eigenvalue weighted by atomic mass is 28.3. The van der Waals surface area contributed by atoms with Crippen molar-refractivity contribution < 1.29 is 4.39 Å². The van der Waals surface area contributed by atoms with Crippen molar-refractivity contribution in [1.82, 2.24) is 0 Å². The van der Waals surface area contributed by atoms with Crippen LogP contribution >= 0.6 is 0 Å². The van der Waals surface area contributed by atoms with Gasteiger partial charge in [-0.2, -0.15) is 0 Å². The van der Waals surface area contributed by atoms with Crippen LogP contribution in [0.4, 0.5) is 4.39 Å². The zero-order valence-corrected chi connectivity index (χ0v) is 23.5. The Balaban J connectivity index is 1.20. The van der Waals surface area contributed by atoms with Crippen molar-refractivity contribution in [1.29, 1.82) is 0 Å². The number of halogens is 1. The summed E-state index contributed by atoms with van der Waals surface area (Å²) in [5, 5.41) is 0. The van der Waals surface area contributed by atoms with Gasteiger partial charge < -0.3 is 0 Å². The van der Waals surface area contributed by atoms with Crippen LogP contribution in [0.15, 0.2) is 42.5 Å².